The van der Waals surface area contributed by atoms with Crippen molar-refractivity contribution in [2.75, 3.05) is 6.61 Å². The molecule has 34 heavy (non-hydrogen) atoms. The Hall–Kier alpha value is -2.85. The van der Waals surface area contributed by atoms with Crippen LogP contribution in [0.1, 0.15) is 40.0 Å². The van der Waals surface area contributed by atoms with Crippen molar-refractivity contribution in [3.8, 4) is 10.4 Å². The number of aromatic nitrogens is 2. The van der Waals surface area contributed by atoms with Gasteiger partial charge in [-0.3, -0.25) is 19.0 Å². The summed E-state index contributed by atoms with van der Waals surface area (Å²) in [5.41, 5.74) is 4.20. The fourth-order valence-electron chi connectivity index (χ4n) is 5.28. The van der Waals surface area contributed by atoms with E-state index in [2.05, 4.69) is 36.3 Å². The van der Waals surface area contributed by atoms with Crippen LogP contribution in [-0.4, -0.2) is 33.7 Å². The zero-order chi connectivity index (χ0) is 24.1. The van der Waals surface area contributed by atoms with Crippen molar-refractivity contribution < 1.29 is 14.3 Å². The van der Waals surface area contributed by atoms with E-state index in [0.717, 1.165) is 29.0 Å². The van der Waals surface area contributed by atoms with E-state index in [1.54, 1.807) is 0 Å². The van der Waals surface area contributed by atoms with Crippen molar-refractivity contribution in [2.24, 2.45) is 21.8 Å². The highest BCUT2D eigenvalue weighted by Gasteiger charge is 2.60. The van der Waals surface area contributed by atoms with E-state index in [4.69, 9.17) is 4.74 Å². The van der Waals surface area contributed by atoms with Crippen molar-refractivity contribution in [3.05, 3.63) is 39.6 Å². The lowest BCUT2D eigenvalue weighted by Gasteiger charge is -2.34. The van der Waals surface area contributed by atoms with Crippen LogP contribution in [0.4, 0.5) is 0 Å². The summed E-state index contributed by atoms with van der Waals surface area (Å²) < 4.78 is 6.31. The van der Waals surface area contributed by atoms with E-state index < -0.39 is 18.5 Å². The molecule has 2 saturated carbocycles. The minimum atomic E-state index is -0.688. The molecular formula is C24H26N4O4S2. The molecule has 2 aliphatic rings. The van der Waals surface area contributed by atoms with Crippen LogP contribution < -0.4 is 11.0 Å². The normalized spacial score (nSPS) is 24.1. The van der Waals surface area contributed by atoms with Gasteiger partial charge in [-0.1, -0.05) is 26.8 Å². The molecule has 0 radical (unpaired) electrons. The number of ether oxygens (including phenoxy) is 1. The lowest BCUT2D eigenvalue weighted by Crippen LogP contribution is -2.35. The molecule has 0 saturated heterocycles. The third-order valence-electron chi connectivity index (χ3n) is 7.84. The van der Waals surface area contributed by atoms with Gasteiger partial charge in [0.2, 0.25) is 0 Å². The van der Waals surface area contributed by atoms with Gasteiger partial charge in [-0.25, -0.2) is 10.4 Å². The van der Waals surface area contributed by atoms with Crippen LogP contribution in [0.25, 0.3) is 20.7 Å². The van der Waals surface area contributed by atoms with Gasteiger partial charge in [0, 0.05) is 26.9 Å². The molecule has 0 spiro atoms. The lowest BCUT2D eigenvalue weighted by atomic mass is 9.70. The molecule has 1 N–H and O–H groups in total. The van der Waals surface area contributed by atoms with Crippen molar-refractivity contribution in [2.45, 2.75) is 46.6 Å². The van der Waals surface area contributed by atoms with Crippen LogP contribution in [0.3, 0.4) is 0 Å². The maximum absolute atomic E-state index is 13.0. The molecule has 2 unspecified atom stereocenters. The second kappa shape index (κ2) is 8.42. The average molecular weight is 499 g/mol. The summed E-state index contributed by atoms with van der Waals surface area (Å²) in [5.74, 6) is -0.602. The van der Waals surface area contributed by atoms with Crippen molar-refractivity contribution in [3.63, 3.8) is 0 Å². The van der Waals surface area contributed by atoms with E-state index >= 15 is 0 Å². The zero-order valence-corrected chi connectivity index (χ0v) is 20.9. The topological polar surface area (TPSA) is 103 Å². The molecule has 3 heterocycles. The predicted molar refractivity (Wildman–Crippen MR) is 133 cm³/mol. The number of esters is 1. The van der Waals surface area contributed by atoms with E-state index in [1.165, 1.54) is 40.0 Å². The highest BCUT2D eigenvalue weighted by molar-refractivity contribution is 7.18. The Balaban J connectivity index is 1.21. The fourth-order valence-corrected chi connectivity index (χ4v) is 7.00. The number of nitrogens with one attached hydrogen (secondary N) is 1. The van der Waals surface area contributed by atoms with E-state index in [-0.39, 0.29) is 22.9 Å². The smallest absolute Gasteiger partial charge is 0.326 e. The van der Waals surface area contributed by atoms with Gasteiger partial charge in [0.05, 0.1) is 11.7 Å². The average Bonchev–Trinajstić information content (AvgIpc) is 3.55. The van der Waals surface area contributed by atoms with E-state index in [1.807, 2.05) is 22.9 Å². The molecule has 5 rings (SSSR count). The van der Waals surface area contributed by atoms with E-state index in [0.29, 0.717) is 16.1 Å². The zero-order valence-electron chi connectivity index (χ0n) is 19.3. The molecule has 3 aromatic heterocycles. The lowest BCUT2D eigenvalue weighted by molar-refractivity contribution is -0.149. The standard InChI is InChI=1S/C24H26N4O4S2/c1-23(2)14-6-7-24(23,3)17(9-14)26-27-18(29)11-32-19(30)10-28-13-25-21-20(22(28)31)15(12-34-21)16-5-4-8-33-16/h4-5,8,12-14H,6-7,9-11H2,1-3H3,(H,27,29)/b26-17-. The summed E-state index contributed by atoms with van der Waals surface area (Å²) in [5, 5.41) is 8.70. The van der Waals surface area contributed by atoms with Gasteiger partial charge in [0.15, 0.2) is 6.61 Å². The first-order valence-electron chi connectivity index (χ1n) is 11.2. The number of amides is 1. The number of nitrogens with zero attached hydrogens (tertiary/aromatic N) is 3. The number of carbonyl (C=O) groups excluding carboxylic acids is 2. The van der Waals surface area contributed by atoms with Gasteiger partial charge >= 0.3 is 5.97 Å². The molecule has 178 valence electrons. The predicted octanol–water partition coefficient (Wildman–Crippen LogP) is 4.05. The Bertz CT molecular complexity index is 1350. The minimum Gasteiger partial charge on any atom is -0.454 e. The van der Waals surface area contributed by atoms with Gasteiger partial charge in [-0.05, 0) is 42.0 Å². The first kappa shape index (κ1) is 22.9. The monoisotopic (exact) mass is 498 g/mol. The molecule has 2 aliphatic carbocycles. The Labute approximate surface area is 204 Å². The quantitative estimate of drug-likeness (QED) is 0.408. The number of fused-ring (bicyclic) bond motifs is 3. The largest absolute Gasteiger partial charge is 0.454 e. The summed E-state index contributed by atoms with van der Waals surface area (Å²) in [6.07, 6.45) is 4.48. The molecular weight excluding hydrogens is 472 g/mol. The van der Waals surface area contributed by atoms with Gasteiger partial charge < -0.3 is 4.74 Å². The number of carbonyl (C=O) groups is 2. The summed E-state index contributed by atoms with van der Waals surface area (Å²) >= 11 is 2.92. The Morgan fingerprint density at radius 1 is 1.32 bits per heavy atom. The van der Waals surface area contributed by atoms with Crippen LogP contribution in [0.2, 0.25) is 0 Å². The number of thiophene rings is 2. The van der Waals surface area contributed by atoms with Crippen LogP contribution in [0, 0.1) is 16.7 Å². The minimum absolute atomic E-state index is 0.0158. The second-order valence-electron chi connectivity index (χ2n) is 9.73. The molecule has 10 heteroatoms. The van der Waals surface area contributed by atoms with E-state index in [9.17, 15) is 14.4 Å². The van der Waals surface area contributed by atoms with Gasteiger partial charge in [0.25, 0.3) is 11.5 Å². The highest BCUT2D eigenvalue weighted by Crippen LogP contribution is 2.63. The fraction of sp³-hybridized carbons (Fsp3) is 0.458. The molecule has 0 aliphatic heterocycles. The second-order valence-corrected chi connectivity index (χ2v) is 11.5. The molecule has 2 fully saturated rings. The molecule has 3 aromatic rings. The summed E-state index contributed by atoms with van der Waals surface area (Å²) in [4.78, 5) is 43.5. The molecule has 1 amide bonds. The van der Waals surface area contributed by atoms with Gasteiger partial charge in [0.1, 0.15) is 11.4 Å². The Morgan fingerprint density at radius 2 is 2.15 bits per heavy atom. The maximum atomic E-state index is 13.0. The number of rotatable bonds is 6. The van der Waals surface area contributed by atoms with Crippen molar-refractivity contribution in [1.82, 2.24) is 15.0 Å². The Kier molecular flexibility index (Phi) is 5.68. The van der Waals surface area contributed by atoms with Crippen LogP contribution in [0.15, 0.2) is 39.1 Å². The summed E-state index contributed by atoms with van der Waals surface area (Å²) in [6, 6.07) is 3.86. The third-order valence-corrected chi connectivity index (χ3v) is 9.63. The first-order valence-corrected chi connectivity index (χ1v) is 13.0. The SMILES string of the molecule is CC12CCC(C/C1=N/NC(=O)COC(=O)Cn1cnc3scc(-c4cccs4)c3c1=O)C2(C)C. The third kappa shape index (κ3) is 3.69. The maximum Gasteiger partial charge on any atom is 0.326 e. The number of hydrogen-bond donors (Lipinski definition) is 1. The molecule has 2 bridgehead atoms. The molecule has 0 aromatic carbocycles. The van der Waals surface area contributed by atoms with Crippen molar-refractivity contribution in [1.29, 1.82) is 0 Å². The number of hydrazone groups is 1. The molecule has 2 atom stereocenters. The van der Waals surface area contributed by atoms with Crippen LogP contribution >= 0.6 is 22.7 Å². The highest BCUT2D eigenvalue weighted by atomic mass is 32.1. The number of hydrogen-bond acceptors (Lipinski definition) is 8. The van der Waals surface area contributed by atoms with Crippen molar-refractivity contribution >= 4 is 50.5 Å². The Morgan fingerprint density at radius 3 is 2.82 bits per heavy atom. The van der Waals surface area contributed by atoms with Gasteiger partial charge in [-0.15, -0.1) is 22.7 Å². The summed E-state index contributed by atoms with van der Waals surface area (Å²) in [7, 11) is 0. The molecule has 8 nitrogen and oxygen atoms in total. The van der Waals surface area contributed by atoms with Gasteiger partial charge in [-0.2, -0.15) is 5.10 Å². The first-order chi connectivity index (χ1) is 16.2. The summed E-state index contributed by atoms with van der Waals surface area (Å²) in [6.45, 7) is 5.97. The van der Waals surface area contributed by atoms with Crippen LogP contribution in [-0.2, 0) is 20.9 Å². The van der Waals surface area contributed by atoms with Crippen LogP contribution in [0.5, 0.6) is 0 Å².